The standard InChI is InChI=1S/C17H18F2N6/c1-24-17-13(8-23-24)16(21-10-22-17)20-7-11-4-5-25(9-11)12-2-3-14(18)15(19)6-12/h2-3,6,8,10-11H,4-5,7,9H2,1H3,(H,20,21,22)/t11-/m0/s1. The van der Waals surface area contributed by atoms with E-state index in [0.29, 0.717) is 5.92 Å². The maximum atomic E-state index is 13.4. The van der Waals surface area contributed by atoms with Gasteiger partial charge in [0.1, 0.15) is 12.1 Å². The highest BCUT2D eigenvalue weighted by atomic mass is 19.2. The van der Waals surface area contributed by atoms with Gasteiger partial charge >= 0.3 is 0 Å². The number of halogens is 2. The van der Waals surface area contributed by atoms with E-state index in [1.165, 1.54) is 18.5 Å². The van der Waals surface area contributed by atoms with Gasteiger partial charge in [0.25, 0.3) is 0 Å². The minimum atomic E-state index is -0.814. The fourth-order valence-electron chi connectivity index (χ4n) is 3.26. The van der Waals surface area contributed by atoms with Crippen molar-refractivity contribution >= 4 is 22.5 Å². The summed E-state index contributed by atoms with van der Waals surface area (Å²) in [4.78, 5) is 10.6. The fourth-order valence-corrected chi connectivity index (χ4v) is 3.26. The van der Waals surface area contributed by atoms with Crippen molar-refractivity contribution in [3.05, 3.63) is 42.4 Å². The van der Waals surface area contributed by atoms with Crippen LogP contribution in [-0.4, -0.2) is 39.4 Å². The number of rotatable bonds is 4. The average Bonchev–Trinajstić information content (AvgIpc) is 3.23. The SMILES string of the molecule is Cn1ncc2c(NC[C@@H]3CCN(c4ccc(F)c(F)c4)C3)ncnc21. The Bertz CT molecular complexity index is 909. The third-order valence-electron chi connectivity index (χ3n) is 4.64. The summed E-state index contributed by atoms with van der Waals surface area (Å²) in [6, 6.07) is 4.06. The molecule has 1 saturated heterocycles. The zero-order valence-corrected chi connectivity index (χ0v) is 13.8. The zero-order valence-electron chi connectivity index (χ0n) is 13.8. The summed E-state index contributed by atoms with van der Waals surface area (Å²) in [5, 5.41) is 8.46. The van der Waals surface area contributed by atoms with E-state index in [2.05, 4.69) is 25.3 Å². The summed E-state index contributed by atoms with van der Waals surface area (Å²) in [5.41, 5.74) is 1.51. The van der Waals surface area contributed by atoms with Crippen LogP contribution in [0.3, 0.4) is 0 Å². The van der Waals surface area contributed by atoms with Gasteiger partial charge in [0, 0.05) is 38.4 Å². The summed E-state index contributed by atoms with van der Waals surface area (Å²) >= 11 is 0. The molecule has 2 aromatic heterocycles. The molecule has 1 atom stereocenters. The lowest BCUT2D eigenvalue weighted by Crippen LogP contribution is -2.22. The molecule has 4 rings (SSSR count). The molecule has 1 N–H and O–H groups in total. The monoisotopic (exact) mass is 344 g/mol. The molecule has 3 heterocycles. The highest BCUT2D eigenvalue weighted by Crippen LogP contribution is 2.26. The van der Waals surface area contributed by atoms with E-state index in [4.69, 9.17) is 0 Å². The predicted octanol–water partition coefficient (Wildman–Crippen LogP) is 2.58. The van der Waals surface area contributed by atoms with Gasteiger partial charge in [0.05, 0.1) is 11.6 Å². The molecular weight excluding hydrogens is 326 g/mol. The van der Waals surface area contributed by atoms with Gasteiger partial charge in [-0.1, -0.05) is 0 Å². The van der Waals surface area contributed by atoms with Crippen LogP contribution in [0.1, 0.15) is 6.42 Å². The Labute approximate surface area is 143 Å². The van der Waals surface area contributed by atoms with Crippen LogP contribution in [0.15, 0.2) is 30.7 Å². The molecular formula is C17H18F2N6. The molecule has 130 valence electrons. The van der Waals surface area contributed by atoms with E-state index >= 15 is 0 Å². The highest BCUT2D eigenvalue weighted by molar-refractivity contribution is 5.85. The molecule has 0 spiro atoms. The average molecular weight is 344 g/mol. The molecule has 3 aromatic rings. The van der Waals surface area contributed by atoms with Crippen molar-refractivity contribution in [1.82, 2.24) is 19.7 Å². The van der Waals surface area contributed by atoms with Crippen molar-refractivity contribution in [1.29, 1.82) is 0 Å². The number of fused-ring (bicyclic) bond motifs is 1. The van der Waals surface area contributed by atoms with Crippen molar-refractivity contribution in [3.8, 4) is 0 Å². The van der Waals surface area contributed by atoms with Crippen LogP contribution >= 0.6 is 0 Å². The normalized spacial score (nSPS) is 17.4. The lowest BCUT2D eigenvalue weighted by Gasteiger charge is -2.19. The molecule has 25 heavy (non-hydrogen) atoms. The van der Waals surface area contributed by atoms with Crippen molar-refractivity contribution in [2.24, 2.45) is 13.0 Å². The number of hydrogen-bond donors (Lipinski definition) is 1. The Balaban J connectivity index is 1.41. The maximum Gasteiger partial charge on any atom is 0.163 e. The van der Waals surface area contributed by atoms with Crippen molar-refractivity contribution in [3.63, 3.8) is 0 Å². The minimum Gasteiger partial charge on any atom is -0.371 e. The number of anilines is 2. The maximum absolute atomic E-state index is 13.4. The Morgan fingerprint density at radius 1 is 1.24 bits per heavy atom. The number of nitrogens with zero attached hydrogens (tertiary/aromatic N) is 5. The molecule has 0 saturated carbocycles. The van der Waals surface area contributed by atoms with Gasteiger partial charge < -0.3 is 10.2 Å². The first-order valence-electron chi connectivity index (χ1n) is 8.18. The molecule has 0 radical (unpaired) electrons. The minimum absolute atomic E-state index is 0.398. The highest BCUT2D eigenvalue weighted by Gasteiger charge is 2.23. The first-order chi connectivity index (χ1) is 12.1. The Kier molecular flexibility index (Phi) is 3.95. The van der Waals surface area contributed by atoms with Crippen molar-refractivity contribution < 1.29 is 8.78 Å². The predicted molar refractivity (Wildman–Crippen MR) is 91.5 cm³/mol. The van der Waals surface area contributed by atoms with Crippen LogP contribution in [0.2, 0.25) is 0 Å². The van der Waals surface area contributed by atoms with E-state index in [1.807, 2.05) is 7.05 Å². The van der Waals surface area contributed by atoms with Crippen molar-refractivity contribution in [2.75, 3.05) is 29.9 Å². The van der Waals surface area contributed by atoms with Crippen LogP contribution in [0.5, 0.6) is 0 Å². The molecule has 0 unspecified atom stereocenters. The lowest BCUT2D eigenvalue weighted by atomic mass is 10.1. The Morgan fingerprint density at radius 2 is 2.12 bits per heavy atom. The molecule has 1 aliphatic heterocycles. The lowest BCUT2D eigenvalue weighted by molar-refractivity contribution is 0.508. The quantitative estimate of drug-likeness (QED) is 0.788. The van der Waals surface area contributed by atoms with Crippen LogP contribution in [0.25, 0.3) is 11.0 Å². The molecule has 1 aromatic carbocycles. The van der Waals surface area contributed by atoms with Crippen LogP contribution in [0.4, 0.5) is 20.3 Å². The molecule has 0 amide bonds. The van der Waals surface area contributed by atoms with Gasteiger partial charge in [0.15, 0.2) is 17.3 Å². The Hall–Kier alpha value is -2.77. The second-order valence-electron chi connectivity index (χ2n) is 6.31. The van der Waals surface area contributed by atoms with Gasteiger partial charge in [-0.05, 0) is 24.5 Å². The molecule has 0 bridgehead atoms. The summed E-state index contributed by atoms with van der Waals surface area (Å²) in [5.74, 6) is -0.455. The third-order valence-corrected chi connectivity index (χ3v) is 4.64. The van der Waals surface area contributed by atoms with E-state index in [1.54, 1.807) is 16.9 Å². The number of hydrogen-bond acceptors (Lipinski definition) is 5. The second kappa shape index (κ2) is 6.27. The van der Waals surface area contributed by atoms with E-state index in [-0.39, 0.29) is 0 Å². The zero-order chi connectivity index (χ0) is 17.4. The summed E-state index contributed by atoms with van der Waals surface area (Å²) in [7, 11) is 1.84. The number of nitrogens with one attached hydrogen (secondary N) is 1. The Morgan fingerprint density at radius 3 is 2.96 bits per heavy atom. The topological polar surface area (TPSA) is 58.9 Å². The largest absolute Gasteiger partial charge is 0.371 e. The van der Waals surface area contributed by atoms with Gasteiger partial charge in [0.2, 0.25) is 0 Å². The first kappa shape index (κ1) is 15.7. The van der Waals surface area contributed by atoms with Crippen molar-refractivity contribution in [2.45, 2.75) is 6.42 Å². The number of benzene rings is 1. The molecule has 0 aliphatic carbocycles. The van der Waals surface area contributed by atoms with E-state index < -0.39 is 11.6 Å². The van der Waals surface area contributed by atoms with Gasteiger partial charge in [-0.2, -0.15) is 5.10 Å². The van der Waals surface area contributed by atoms with Crippen LogP contribution in [-0.2, 0) is 7.05 Å². The molecule has 1 aliphatic rings. The van der Waals surface area contributed by atoms with E-state index in [9.17, 15) is 8.78 Å². The summed E-state index contributed by atoms with van der Waals surface area (Å²) in [6.45, 7) is 2.37. The van der Waals surface area contributed by atoms with Gasteiger partial charge in [-0.15, -0.1) is 0 Å². The first-order valence-corrected chi connectivity index (χ1v) is 8.18. The molecule has 8 heteroatoms. The number of aromatic nitrogens is 4. The van der Waals surface area contributed by atoms with Crippen LogP contribution < -0.4 is 10.2 Å². The third kappa shape index (κ3) is 2.99. The summed E-state index contributed by atoms with van der Waals surface area (Å²) < 4.78 is 28.2. The smallest absolute Gasteiger partial charge is 0.163 e. The number of aryl methyl sites for hydroxylation is 1. The molecule has 1 fully saturated rings. The van der Waals surface area contributed by atoms with E-state index in [0.717, 1.165) is 48.6 Å². The van der Waals surface area contributed by atoms with Gasteiger partial charge in [-0.3, -0.25) is 4.68 Å². The molecule has 6 nitrogen and oxygen atoms in total. The summed E-state index contributed by atoms with van der Waals surface area (Å²) in [6.07, 6.45) is 4.25. The van der Waals surface area contributed by atoms with Gasteiger partial charge in [-0.25, -0.2) is 18.7 Å². The van der Waals surface area contributed by atoms with Crippen LogP contribution in [0, 0.1) is 17.6 Å². The second-order valence-corrected chi connectivity index (χ2v) is 6.31. The fraction of sp³-hybridized carbons (Fsp3) is 0.353.